The second-order valence-electron chi connectivity index (χ2n) is 6.05. The maximum atomic E-state index is 11.8. The largest absolute Gasteiger partial charge is 0.493 e. The number of carbonyl (C=O) groups excluding carboxylic acids is 1. The first-order valence-electron chi connectivity index (χ1n) is 7.20. The van der Waals surface area contributed by atoms with Crippen molar-refractivity contribution < 1.29 is 28.9 Å². The second kappa shape index (κ2) is 8.23. The fourth-order valence-corrected chi connectivity index (χ4v) is 2.63. The van der Waals surface area contributed by atoms with Gasteiger partial charge in [0.1, 0.15) is 11.6 Å². The quantitative estimate of drug-likeness (QED) is 0.757. The van der Waals surface area contributed by atoms with E-state index >= 15 is 0 Å². The van der Waals surface area contributed by atoms with Crippen LogP contribution < -0.4 is 14.8 Å². The number of carbonyl (C=O) groups is 2. The second-order valence-corrected chi connectivity index (χ2v) is 6.91. The molecule has 7 nitrogen and oxygen atoms in total. The first kappa shape index (κ1) is 20.1. The number of carboxylic acid groups (broad SMARTS) is 1. The number of alkyl carbamates (subject to hydrolysis) is 1. The first-order valence-corrected chi connectivity index (χ1v) is 7.99. The van der Waals surface area contributed by atoms with Gasteiger partial charge in [-0.2, -0.15) is 0 Å². The molecule has 1 unspecified atom stereocenters. The molecule has 1 rings (SSSR count). The van der Waals surface area contributed by atoms with Crippen LogP contribution in [0.2, 0.25) is 0 Å². The lowest BCUT2D eigenvalue weighted by molar-refractivity contribution is -0.139. The van der Waals surface area contributed by atoms with Crippen LogP contribution in [0.3, 0.4) is 0 Å². The maximum absolute atomic E-state index is 11.8. The van der Waals surface area contributed by atoms with Crippen LogP contribution in [0.15, 0.2) is 16.6 Å². The molecule has 1 aromatic carbocycles. The Labute approximate surface area is 149 Å². The van der Waals surface area contributed by atoms with Crippen molar-refractivity contribution in [1.82, 2.24) is 5.32 Å². The van der Waals surface area contributed by atoms with Crippen molar-refractivity contribution in [3.8, 4) is 11.5 Å². The Morgan fingerprint density at radius 2 is 1.88 bits per heavy atom. The van der Waals surface area contributed by atoms with Crippen LogP contribution in [-0.2, 0) is 16.0 Å². The van der Waals surface area contributed by atoms with Crippen LogP contribution >= 0.6 is 15.9 Å². The summed E-state index contributed by atoms with van der Waals surface area (Å²) < 4.78 is 16.2. The Hall–Kier alpha value is -1.96. The molecule has 0 aliphatic heterocycles. The van der Waals surface area contributed by atoms with Crippen LogP contribution in [0.25, 0.3) is 0 Å². The lowest BCUT2D eigenvalue weighted by atomic mass is 10.1. The van der Waals surface area contributed by atoms with Gasteiger partial charge in [-0.1, -0.05) is 0 Å². The fraction of sp³-hybridized carbons (Fsp3) is 0.500. The van der Waals surface area contributed by atoms with Gasteiger partial charge in [-0.3, -0.25) is 0 Å². The van der Waals surface area contributed by atoms with E-state index in [1.807, 2.05) is 0 Å². The minimum Gasteiger partial charge on any atom is -0.493 e. The molecule has 2 N–H and O–H groups in total. The van der Waals surface area contributed by atoms with Crippen LogP contribution in [0, 0.1) is 0 Å². The lowest BCUT2D eigenvalue weighted by Crippen LogP contribution is -2.44. The van der Waals surface area contributed by atoms with E-state index in [-0.39, 0.29) is 6.42 Å². The van der Waals surface area contributed by atoms with E-state index in [9.17, 15) is 14.7 Å². The molecule has 0 aliphatic rings. The van der Waals surface area contributed by atoms with Gasteiger partial charge in [-0.05, 0) is 54.4 Å². The molecule has 0 saturated heterocycles. The van der Waals surface area contributed by atoms with Crippen molar-refractivity contribution >= 4 is 28.0 Å². The van der Waals surface area contributed by atoms with Gasteiger partial charge in [-0.25, -0.2) is 9.59 Å². The fourth-order valence-electron chi connectivity index (χ4n) is 1.97. The monoisotopic (exact) mass is 403 g/mol. The highest BCUT2D eigenvalue weighted by atomic mass is 79.9. The molecule has 0 radical (unpaired) electrons. The van der Waals surface area contributed by atoms with Gasteiger partial charge in [0.25, 0.3) is 0 Å². The van der Waals surface area contributed by atoms with Gasteiger partial charge in [-0.15, -0.1) is 0 Å². The minimum absolute atomic E-state index is 0.0630. The molecular weight excluding hydrogens is 382 g/mol. The molecule has 0 fully saturated rings. The summed E-state index contributed by atoms with van der Waals surface area (Å²) in [4.78, 5) is 23.2. The molecule has 1 aromatic rings. The zero-order valence-electron chi connectivity index (χ0n) is 14.3. The zero-order chi connectivity index (χ0) is 18.5. The smallest absolute Gasteiger partial charge is 0.408 e. The number of ether oxygens (including phenoxy) is 3. The third kappa shape index (κ3) is 5.92. The van der Waals surface area contributed by atoms with Crippen molar-refractivity contribution in [3.05, 3.63) is 22.2 Å². The third-order valence-electron chi connectivity index (χ3n) is 2.92. The molecule has 0 saturated carbocycles. The van der Waals surface area contributed by atoms with Gasteiger partial charge < -0.3 is 24.6 Å². The lowest BCUT2D eigenvalue weighted by Gasteiger charge is -2.22. The molecule has 0 bridgehead atoms. The average Bonchev–Trinajstić information content (AvgIpc) is 2.43. The predicted molar refractivity (Wildman–Crippen MR) is 91.7 cm³/mol. The van der Waals surface area contributed by atoms with Gasteiger partial charge in [0.05, 0.1) is 18.7 Å². The minimum atomic E-state index is -1.16. The summed E-state index contributed by atoms with van der Waals surface area (Å²) in [6, 6.07) is 2.24. The van der Waals surface area contributed by atoms with E-state index in [2.05, 4.69) is 21.2 Å². The van der Waals surface area contributed by atoms with Crippen LogP contribution in [0.4, 0.5) is 4.79 Å². The summed E-state index contributed by atoms with van der Waals surface area (Å²) in [6.07, 6.45) is -0.720. The number of aliphatic carboxylic acids is 1. The van der Waals surface area contributed by atoms with Crippen molar-refractivity contribution in [2.24, 2.45) is 0 Å². The Bertz CT molecular complexity index is 611. The highest BCUT2D eigenvalue weighted by Gasteiger charge is 2.25. The van der Waals surface area contributed by atoms with E-state index in [0.717, 1.165) is 0 Å². The predicted octanol–water partition coefficient (Wildman–Crippen LogP) is 2.99. The average molecular weight is 404 g/mol. The van der Waals surface area contributed by atoms with E-state index in [0.29, 0.717) is 21.5 Å². The van der Waals surface area contributed by atoms with Gasteiger partial charge >= 0.3 is 12.1 Å². The summed E-state index contributed by atoms with van der Waals surface area (Å²) in [5.74, 6) is -0.191. The highest BCUT2D eigenvalue weighted by molar-refractivity contribution is 9.10. The summed E-state index contributed by atoms with van der Waals surface area (Å²) in [5.41, 5.74) is -0.0533. The first-order chi connectivity index (χ1) is 11.1. The van der Waals surface area contributed by atoms with Gasteiger partial charge in [0.2, 0.25) is 0 Å². The summed E-state index contributed by atoms with van der Waals surface area (Å²) in [6.45, 7) is 5.11. The van der Waals surface area contributed by atoms with Crippen molar-refractivity contribution in [2.75, 3.05) is 14.2 Å². The maximum Gasteiger partial charge on any atom is 0.408 e. The number of carboxylic acids is 1. The summed E-state index contributed by atoms with van der Waals surface area (Å²) in [5, 5.41) is 11.7. The van der Waals surface area contributed by atoms with E-state index < -0.39 is 23.7 Å². The molecule has 134 valence electrons. The molecule has 1 atom stereocenters. The molecule has 8 heteroatoms. The Kier molecular flexibility index (Phi) is 6.89. The molecule has 0 aromatic heterocycles. The Morgan fingerprint density at radius 3 is 2.33 bits per heavy atom. The summed E-state index contributed by atoms with van der Waals surface area (Å²) >= 11 is 3.35. The van der Waals surface area contributed by atoms with Crippen molar-refractivity contribution in [3.63, 3.8) is 0 Å². The number of nitrogens with one attached hydrogen (secondary N) is 1. The van der Waals surface area contributed by atoms with Crippen LogP contribution in [0.5, 0.6) is 11.5 Å². The number of methoxy groups -OCH3 is 2. The topological polar surface area (TPSA) is 94.1 Å². The van der Waals surface area contributed by atoms with E-state index in [1.54, 1.807) is 32.9 Å². The third-order valence-corrected chi connectivity index (χ3v) is 3.51. The van der Waals surface area contributed by atoms with Crippen LogP contribution in [-0.4, -0.2) is 43.0 Å². The number of benzene rings is 1. The molecule has 0 spiro atoms. The van der Waals surface area contributed by atoms with Crippen LogP contribution in [0.1, 0.15) is 26.3 Å². The molecule has 24 heavy (non-hydrogen) atoms. The zero-order valence-corrected chi connectivity index (χ0v) is 15.9. The Morgan fingerprint density at radius 1 is 1.25 bits per heavy atom. The molecule has 1 amide bonds. The number of hydrogen-bond donors (Lipinski definition) is 2. The van der Waals surface area contributed by atoms with Gasteiger partial charge in [0, 0.05) is 6.42 Å². The number of rotatable bonds is 6. The Balaban J connectivity index is 2.95. The summed E-state index contributed by atoms with van der Waals surface area (Å²) in [7, 11) is 2.99. The molecular formula is C16H22BrNO6. The van der Waals surface area contributed by atoms with Crippen molar-refractivity contribution in [2.45, 2.75) is 38.8 Å². The highest BCUT2D eigenvalue weighted by Crippen LogP contribution is 2.36. The number of hydrogen-bond acceptors (Lipinski definition) is 5. The van der Waals surface area contributed by atoms with Crippen molar-refractivity contribution in [1.29, 1.82) is 0 Å². The number of amides is 1. The molecule has 0 aliphatic carbocycles. The number of halogens is 1. The van der Waals surface area contributed by atoms with E-state index in [1.165, 1.54) is 14.2 Å². The van der Waals surface area contributed by atoms with Gasteiger partial charge in [0.15, 0.2) is 11.5 Å². The molecule has 0 heterocycles. The SMILES string of the molecule is COc1cc(CC(NC(=O)OC(C)(C)C)C(=O)O)cc(Br)c1OC. The van der Waals surface area contributed by atoms with E-state index in [4.69, 9.17) is 14.2 Å². The normalized spacial score (nSPS) is 12.2. The standard InChI is InChI=1S/C16H22BrNO6/c1-16(2,3)24-15(21)18-11(14(19)20)7-9-6-10(17)13(23-5)12(8-9)22-4/h6,8,11H,7H2,1-5H3,(H,18,21)(H,19,20).